The van der Waals surface area contributed by atoms with Crippen LogP contribution in [-0.2, 0) is 6.54 Å². The first-order valence-corrected chi connectivity index (χ1v) is 10.5. The lowest BCUT2D eigenvalue weighted by molar-refractivity contribution is 0.0940. The summed E-state index contributed by atoms with van der Waals surface area (Å²) in [5.74, 6) is -0.317. The fraction of sp³-hybridized carbons (Fsp3) is 0.526. The molecule has 0 radical (unpaired) electrons. The molecule has 8 nitrogen and oxygen atoms in total. The maximum Gasteiger partial charge on any atom is 0.328 e. The number of fused-ring (bicyclic) bond motifs is 1. The number of aryl methyl sites for hydroxylation is 1. The number of H-pyrrole nitrogens is 1. The van der Waals surface area contributed by atoms with Gasteiger partial charge >= 0.3 is 5.69 Å². The molecule has 1 saturated carbocycles. The van der Waals surface area contributed by atoms with E-state index in [1.54, 1.807) is 6.92 Å². The number of aromatic amines is 1. The maximum atomic E-state index is 12.7. The van der Waals surface area contributed by atoms with E-state index in [1.807, 2.05) is 13.0 Å². The number of carbonyl (C=O) groups excluding carboxylic acids is 1. The molecule has 0 unspecified atom stereocenters. The van der Waals surface area contributed by atoms with E-state index < -0.39 is 5.69 Å². The van der Waals surface area contributed by atoms with Gasteiger partial charge in [-0.15, -0.1) is 11.3 Å². The summed E-state index contributed by atoms with van der Waals surface area (Å²) in [6.07, 6.45) is 7.26. The van der Waals surface area contributed by atoms with Crippen molar-refractivity contribution in [3.8, 4) is 5.88 Å². The summed E-state index contributed by atoms with van der Waals surface area (Å²) in [6.45, 7) is 3.98. The Morgan fingerprint density at radius 1 is 1.43 bits per heavy atom. The molecule has 9 heteroatoms. The van der Waals surface area contributed by atoms with E-state index in [9.17, 15) is 14.7 Å². The minimum absolute atomic E-state index is 0.142. The Labute approximate surface area is 166 Å². The van der Waals surface area contributed by atoms with E-state index >= 15 is 0 Å². The summed E-state index contributed by atoms with van der Waals surface area (Å²) < 4.78 is 3.31. The average molecular weight is 404 g/mol. The van der Waals surface area contributed by atoms with Gasteiger partial charge in [0.25, 0.3) is 5.91 Å². The molecule has 0 saturated heterocycles. The first-order valence-electron chi connectivity index (χ1n) is 9.70. The fourth-order valence-corrected chi connectivity index (χ4v) is 5.07. The Morgan fingerprint density at radius 3 is 2.86 bits per heavy atom. The number of hydrogen-bond acceptors (Lipinski definition) is 5. The van der Waals surface area contributed by atoms with Crippen molar-refractivity contribution < 1.29 is 9.90 Å². The van der Waals surface area contributed by atoms with Gasteiger partial charge < -0.3 is 15.4 Å². The molecule has 3 heterocycles. The Hall–Kier alpha value is -2.55. The van der Waals surface area contributed by atoms with Crippen molar-refractivity contribution in [3.05, 3.63) is 33.3 Å². The highest BCUT2D eigenvalue weighted by Gasteiger charge is 2.23. The van der Waals surface area contributed by atoms with Crippen LogP contribution in [0.2, 0.25) is 0 Å². The van der Waals surface area contributed by atoms with Crippen molar-refractivity contribution in [2.75, 3.05) is 0 Å². The number of rotatable bonds is 5. The van der Waals surface area contributed by atoms with Gasteiger partial charge in [-0.2, -0.15) is 5.10 Å². The first kappa shape index (κ1) is 18.8. The molecule has 28 heavy (non-hydrogen) atoms. The maximum absolute atomic E-state index is 12.7. The topological polar surface area (TPSA) is 105 Å². The molecular formula is C19H25N5O3S. The van der Waals surface area contributed by atoms with Crippen LogP contribution in [0.15, 0.2) is 17.1 Å². The monoisotopic (exact) mass is 403 g/mol. The van der Waals surface area contributed by atoms with Crippen LogP contribution in [0.1, 0.15) is 60.4 Å². The van der Waals surface area contributed by atoms with Crippen molar-refractivity contribution >= 4 is 27.5 Å². The fourth-order valence-electron chi connectivity index (χ4n) is 3.93. The van der Waals surface area contributed by atoms with Crippen molar-refractivity contribution in [2.24, 2.45) is 0 Å². The zero-order valence-corrected chi connectivity index (χ0v) is 16.9. The predicted molar refractivity (Wildman–Crippen MR) is 108 cm³/mol. The molecule has 1 aliphatic carbocycles. The molecule has 150 valence electrons. The number of aromatic nitrogens is 4. The van der Waals surface area contributed by atoms with Crippen molar-refractivity contribution in [1.29, 1.82) is 0 Å². The van der Waals surface area contributed by atoms with Gasteiger partial charge in [0.2, 0.25) is 5.88 Å². The molecule has 3 aromatic rings. The van der Waals surface area contributed by atoms with Gasteiger partial charge in [0.15, 0.2) is 0 Å². The number of nitrogens with zero attached hydrogens (tertiary/aromatic N) is 3. The molecule has 1 fully saturated rings. The Morgan fingerprint density at radius 2 is 2.18 bits per heavy atom. The number of thiophene rings is 1. The lowest BCUT2D eigenvalue weighted by Crippen LogP contribution is -2.37. The quantitative estimate of drug-likeness (QED) is 0.609. The normalized spacial score (nSPS) is 16.5. The highest BCUT2D eigenvalue weighted by Crippen LogP contribution is 2.35. The van der Waals surface area contributed by atoms with E-state index in [2.05, 4.69) is 15.0 Å². The molecule has 0 bridgehead atoms. The van der Waals surface area contributed by atoms with Gasteiger partial charge in [-0.1, -0.05) is 19.3 Å². The lowest BCUT2D eigenvalue weighted by Gasteiger charge is -2.22. The van der Waals surface area contributed by atoms with Gasteiger partial charge in [-0.25, -0.2) is 4.79 Å². The van der Waals surface area contributed by atoms with E-state index in [0.29, 0.717) is 10.9 Å². The van der Waals surface area contributed by atoms with Gasteiger partial charge in [0, 0.05) is 11.4 Å². The smallest absolute Gasteiger partial charge is 0.328 e. The van der Waals surface area contributed by atoms with Crippen molar-refractivity contribution in [2.45, 2.75) is 64.6 Å². The third-order valence-electron chi connectivity index (χ3n) is 5.39. The number of imidazole rings is 1. The molecule has 4 rings (SSSR count). The molecule has 3 N–H and O–H groups in total. The summed E-state index contributed by atoms with van der Waals surface area (Å²) in [7, 11) is 0. The van der Waals surface area contributed by atoms with Crippen LogP contribution in [0.5, 0.6) is 5.88 Å². The van der Waals surface area contributed by atoms with Crippen LogP contribution in [0, 0.1) is 6.92 Å². The molecule has 0 aromatic carbocycles. The van der Waals surface area contributed by atoms with Crippen LogP contribution in [-0.4, -0.2) is 36.4 Å². The van der Waals surface area contributed by atoms with Gasteiger partial charge in [-0.3, -0.25) is 14.0 Å². The Bertz CT molecular complexity index is 1050. The van der Waals surface area contributed by atoms with Crippen molar-refractivity contribution in [3.63, 3.8) is 0 Å². The number of aromatic hydroxyl groups is 1. The number of amides is 1. The minimum Gasteiger partial charge on any atom is -0.493 e. The SMILES string of the molecule is Cc1nn(C2CCCCC2)c2sc(C(=O)N[C@@H](C)Cn3c(O)c[nH]c3=O)cc12. The lowest BCUT2D eigenvalue weighted by atomic mass is 9.96. The second-order valence-corrected chi connectivity index (χ2v) is 8.62. The summed E-state index contributed by atoms with van der Waals surface area (Å²) >= 11 is 1.47. The number of carbonyl (C=O) groups is 1. The second-order valence-electron chi connectivity index (χ2n) is 7.59. The highest BCUT2D eigenvalue weighted by molar-refractivity contribution is 7.20. The van der Waals surface area contributed by atoms with Gasteiger partial charge in [0.1, 0.15) is 4.83 Å². The third kappa shape index (κ3) is 3.46. The van der Waals surface area contributed by atoms with Crippen LogP contribution in [0.4, 0.5) is 0 Å². The summed E-state index contributed by atoms with van der Waals surface area (Å²) in [4.78, 5) is 28.5. The number of hydrogen-bond donors (Lipinski definition) is 3. The molecule has 3 aromatic heterocycles. The van der Waals surface area contributed by atoms with Crippen LogP contribution in [0.25, 0.3) is 10.2 Å². The third-order valence-corrected chi connectivity index (χ3v) is 6.52. The van der Waals surface area contributed by atoms with Crippen molar-refractivity contribution in [1.82, 2.24) is 24.6 Å². The molecular weight excluding hydrogens is 378 g/mol. The summed E-state index contributed by atoms with van der Waals surface area (Å²) in [5.41, 5.74) is 0.552. The van der Waals surface area contributed by atoms with E-state index in [4.69, 9.17) is 5.10 Å². The minimum atomic E-state index is -0.399. The second kappa shape index (κ2) is 7.46. The van der Waals surface area contributed by atoms with Crippen LogP contribution in [0.3, 0.4) is 0 Å². The Balaban J connectivity index is 1.52. The molecule has 0 spiro atoms. The molecule has 0 aliphatic heterocycles. The van der Waals surface area contributed by atoms with Crippen LogP contribution < -0.4 is 11.0 Å². The average Bonchev–Trinajstić information content (AvgIpc) is 3.34. The highest BCUT2D eigenvalue weighted by atomic mass is 32.1. The van der Waals surface area contributed by atoms with Crippen LogP contribution >= 0.6 is 11.3 Å². The zero-order chi connectivity index (χ0) is 19.8. The standard InChI is InChI=1S/C19H25N5O3S/c1-11(10-23-16(25)9-20-19(23)27)21-17(26)15-8-14-12(2)22-24(18(14)28-15)13-6-4-3-5-7-13/h8-9,11,13,25H,3-7,10H2,1-2H3,(H,20,27)(H,21,26)/t11-/m0/s1. The summed E-state index contributed by atoms with van der Waals surface area (Å²) in [5, 5.41) is 18.4. The molecule has 1 amide bonds. The van der Waals surface area contributed by atoms with E-state index in [1.165, 1.54) is 41.4 Å². The summed E-state index contributed by atoms with van der Waals surface area (Å²) in [6, 6.07) is 2.01. The predicted octanol–water partition coefficient (Wildman–Crippen LogP) is 2.93. The van der Waals surface area contributed by atoms with Gasteiger partial charge in [-0.05, 0) is 32.8 Å². The molecule has 1 atom stereocenters. The van der Waals surface area contributed by atoms with Gasteiger partial charge in [0.05, 0.1) is 29.4 Å². The first-order chi connectivity index (χ1) is 13.4. The zero-order valence-electron chi connectivity index (χ0n) is 16.1. The Kier molecular flexibility index (Phi) is 5.01. The van der Waals surface area contributed by atoms with E-state index in [0.717, 1.165) is 28.8 Å². The van der Waals surface area contributed by atoms with E-state index in [-0.39, 0.29) is 24.4 Å². The number of nitrogens with one attached hydrogen (secondary N) is 2. The largest absolute Gasteiger partial charge is 0.493 e. The molecule has 1 aliphatic rings.